The Kier molecular flexibility index (Phi) is 4.23. The molecule has 4 heteroatoms. The van der Waals surface area contributed by atoms with Crippen molar-refractivity contribution in [2.24, 2.45) is 0 Å². The number of thiophene rings is 1. The van der Waals surface area contributed by atoms with E-state index in [9.17, 15) is 0 Å². The van der Waals surface area contributed by atoms with Crippen LogP contribution in [0.1, 0.15) is 22.5 Å². The van der Waals surface area contributed by atoms with Crippen LogP contribution >= 0.6 is 11.3 Å². The van der Waals surface area contributed by atoms with Crippen LogP contribution in [0.3, 0.4) is 0 Å². The van der Waals surface area contributed by atoms with Crippen LogP contribution < -0.4 is 5.32 Å². The Balaban J connectivity index is 1.80. The van der Waals surface area contributed by atoms with Gasteiger partial charge >= 0.3 is 0 Å². The van der Waals surface area contributed by atoms with Crippen LogP contribution in [0.2, 0.25) is 0 Å². The molecule has 2 aromatic rings. The number of nitrogens with zero attached hydrogens (tertiary/aromatic N) is 2. The predicted octanol–water partition coefficient (Wildman–Crippen LogP) is 2.57. The van der Waals surface area contributed by atoms with E-state index in [0.717, 1.165) is 18.8 Å². The molecule has 0 spiro atoms. The molecule has 0 bridgehead atoms. The van der Waals surface area contributed by atoms with Gasteiger partial charge in [0.1, 0.15) is 5.82 Å². The number of aromatic nitrogens is 2. The first-order valence-corrected chi connectivity index (χ1v) is 6.60. The fourth-order valence-electron chi connectivity index (χ4n) is 1.66. The summed E-state index contributed by atoms with van der Waals surface area (Å²) in [6.07, 6.45) is 4.61. The SMILES string of the molecule is Cc1ccc(CC(C)NCc2ncccn2)s1. The highest BCUT2D eigenvalue weighted by Crippen LogP contribution is 2.16. The van der Waals surface area contributed by atoms with Gasteiger partial charge in [-0.15, -0.1) is 11.3 Å². The molecule has 0 saturated carbocycles. The number of rotatable bonds is 5. The van der Waals surface area contributed by atoms with Gasteiger partial charge in [0.05, 0.1) is 6.54 Å². The highest BCUT2D eigenvalue weighted by atomic mass is 32.1. The highest BCUT2D eigenvalue weighted by Gasteiger charge is 2.05. The maximum Gasteiger partial charge on any atom is 0.141 e. The molecule has 0 aliphatic rings. The average Bonchev–Trinajstić information content (AvgIpc) is 2.73. The Hall–Kier alpha value is -1.26. The van der Waals surface area contributed by atoms with Gasteiger partial charge in [-0.05, 0) is 38.5 Å². The zero-order valence-electron chi connectivity index (χ0n) is 10.2. The Morgan fingerprint density at radius 1 is 1.29 bits per heavy atom. The normalized spacial score (nSPS) is 12.6. The van der Waals surface area contributed by atoms with Crippen LogP contribution in [0.25, 0.3) is 0 Å². The van der Waals surface area contributed by atoms with Crippen molar-refractivity contribution >= 4 is 11.3 Å². The van der Waals surface area contributed by atoms with E-state index in [-0.39, 0.29) is 0 Å². The standard InChI is InChI=1S/C13H17N3S/c1-10(8-12-5-4-11(2)17-12)16-9-13-14-6-3-7-15-13/h3-7,10,16H,8-9H2,1-2H3. The van der Waals surface area contributed by atoms with Crippen molar-refractivity contribution in [1.82, 2.24) is 15.3 Å². The first-order valence-electron chi connectivity index (χ1n) is 5.78. The molecule has 0 saturated heterocycles. The van der Waals surface area contributed by atoms with Gasteiger partial charge < -0.3 is 5.32 Å². The van der Waals surface area contributed by atoms with Crippen molar-refractivity contribution in [3.63, 3.8) is 0 Å². The number of nitrogens with one attached hydrogen (secondary N) is 1. The van der Waals surface area contributed by atoms with E-state index in [4.69, 9.17) is 0 Å². The second-order valence-electron chi connectivity index (χ2n) is 4.16. The lowest BCUT2D eigenvalue weighted by Gasteiger charge is -2.11. The number of aryl methyl sites for hydroxylation is 1. The molecule has 2 aromatic heterocycles. The van der Waals surface area contributed by atoms with E-state index < -0.39 is 0 Å². The second kappa shape index (κ2) is 5.89. The van der Waals surface area contributed by atoms with Crippen LogP contribution in [0.5, 0.6) is 0 Å². The molecule has 90 valence electrons. The van der Waals surface area contributed by atoms with Gasteiger partial charge in [-0.2, -0.15) is 0 Å². The minimum absolute atomic E-state index is 0.442. The summed E-state index contributed by atoms with van der Waals surface area (Å²) in [5.41, 5.74) is 0. The largest absolute Gasteiger partial charge is 0.307 e. The molecule has 0 amide bonds. The molecule has 0 aliphatic carbocycles. The summed E-state index contributed by atoms with van der Waals surface area (Å²) < 4.78 is 0. The predicted molar refractivity (Wildman–Crippen MR) is 71.1 cm³/mol. The first kappa shape index (κ1) is 12.2. The fraction of sp³-hybridized carbons (Fsp3) is 0.385. The molecule has 1 atom stereocenters. The van der Waals surface area contributed by atoms with Crippen molar-refractivity contribution in [2.45, 2.75) is 32.9 Å². The van der Waals surface area contributed by atoms with Crippen LogP contribution in [0.15, 0.2) is 30.6 Å². The van der Waals surface area contributed by atoms with Crippen molar-refractivity contribution in [3.8, 4) is 0 Å². The molecule has 0 fully saturated rings. The van der Waals surface area contributed by atoms with E-state index in [0.29, 0.717) is 6.04 Å². The van der Waals surface area contributed by atoms with E-state index in [1.165, 1.54) is 9.75 Å². The summed E-state index contributed by atoms with van der Waals surface area (Å²) in [5, 5.41) is 3.44. The summed E-state index contributed by atoms with van der Waals surface area (Å²) in [6.45, 7) is 5.06. The van der Waals surface area contributed by atoms with E-state index in [1.54, 1.807) is 12.4 Å². The molecule has 17 heavy (non-hydrogen) atoms. The van der Waals surface area contributed by atoms with Gasteiger partial charge in [0.2, 0.25) is 0 Å². The lowest BCUT2D eigenvalue weighted by atomic mass is 10.2. The molecular weight excluding hydrogens is 230 g/mol. The summed E-state index contributed by atoms with van der Waals surface area (Å²) in [5.74, 6) is 0.849. The second-order valence-corrected chi connectivity index (χ2v) is 5.54. The average molecular weight is 247 g/mol. The van der Waals surface area contributed by atoms with E-state index in [1.807, 2.05) is 17.4 Å². The highest BCUT2D eigenvalue weighted by molar-refractivity contribution is 7.11. The van der Waals surface area contributed by atoms with E-state index in [2.05, 4.69) is 41.3 Å². The Morgan fingerprint density at radius 2 is 2.06 bits per heavy atom. The molecule has 0 radical (unpaired) electrons. The maximum atomic E-state index is 4.19. The molecular formula is C13H17N3S. The van der Waals surface area contributed by atoms with Gasteiger partial charge in [-0.3, -0.25) is 0 Å². The van der Waals surface area contributed by atoms with Crippen molar-refractivity contribution in [3.05, 3.63) is 46.2 Å². The lowest BCUT2D eigenvalue weighted by Crippen LogP contribution is -2.28. The van der Waals surface area contributed by atoms with Crippen molar-refractivity contribution < 1.29 is 0 Å². The van der Waals surface area contributed by atoms with Crippen LogP contribution in [0.4, 0.5) is 0 Å². The van der Waals surface area contributed by atoms with Crippen LogP contribution in [-0.2, 0) is 13.0 Å². The molecule has 0 aliphatic heterocycles. The number of hydrogen-bond acceptors (Lipinski definition) is 4. The lowest BCUT2D eigenvalue weighted by molar-refractivity contribution is 0.536. The molecule has 3 nitrogen and oxygen atoms in total. The van der Waals surface area contributed by atoms with Crippen LogP contribution in [-0.4, -0.2) is 16.0 Å². The third-order valence-electron chi connectivity index (χ3n) is 2.53. The number of hydrogen-bond donors (Lipinski definition) is 1. The quantitative estimate of drug-likeness (QED) is 0.882. The first-order chi connectivity index (χ1) is 8.24. The van der Waals surface area contributed by atoms with Gasteiger partial charge in [0, 0.05) is 28.2 Å². The summed E-state index contributed by atoms with van der Waals surface area (Å²) in [4.78, 5) is 11.2. The van der Waals surface area contributed by atoms with Gasteiger partial charge in [-0.25, -0.2) is 9.97 Å². The summed E-state index contributed by atoms with van der Waals surface area (Å²) in [6, 6.07) is 6.66. The Labute approximate surface area is 106 Å². The van der Waals surface area contributed by atoms with Crippen LogP contribution in [0, 0.1) is 6.92 Å². The summed E-state index contributed by atoms with van der Waals surface area (Å²) >= 11 is 1.87. The van der Waals surface area contributed by atoms with Gasteiger partial charge in [-0.1, -0.05) is 0 Å². The molecule has 1 unspecified atom stereocenters. The third kappa shape index (κ3) is 3.91. The zero-order chi connectivity index (χ0) is 12.1. The fourth-order valence-corrected chi connectivity index (χ4v) is 2.67. The van der Waals surface area contributed by atoms with E-state index >= 15 is 0 Å². The minimum atomic E-state index is 0.442. The molecule has 2 rings (SSSR count). The summed E-state index contributed by atoms with van der Waals surface area (Å²) in [7, 11) is 0. The Bertz CT molecular complexity index is 453. The van der Waals surface area contributed by atoms with Gasteiger partial charge in [0.25, 0.3) is 0 Å². The van der Waals surface area contributed by atoms with Crippen molar-refractivity contribution in [2.75, 3.05) is 0 Å². The topological polar surface area (TPSA) is 37.8 Å². The minimum Gasteiger partial charge on any atom is -0.307 e. The third-order valence-corrected chi connectivity index (χ3v) is 3.55. The zero-order valence-corrected chi connectivity index (χ0v) is 11.0. The molecule has 0 aromatic carbocycles. The Morgan fingerprint density at radius 3 is 2.71 bits per heavy atom. The maximum absolute atomic E-state index is 4.19. The smallest absolute Gasteiger partial charge is 0.141 e. The van der Waals surface area contributed by atoms with Crippen molar-refractivity contribution in [1.29, 1.82) is 0 Å². The molecule has 1 N–H and O–H groups in total. The molecule has 2 heterocycles. The monoisotopic (exact) mass is 247 g/mol. The van der Waals surface area contributed by atoms with Gasteiger partial charge in [0.15, 0.2) is 0 Å².